The van der Waals surface area contributed by atoms with Gasteiger partial charge in [0.15, 0.2) is 0 Å². The molecule has 0 atom stereocenters. The molecule has 1 aliphatic carbocycles. The molecular weight excluding hydrogens is 316 g/mol. The summed E-state index contributed by atoms with van der Waals surface area (Å²) in [5, 5.41) is 0. The van der Waals surface area contributed by atoms with Gasteiger partial charge in [-0.25, -0.2) is 0 Å². The molecule has 0 radical (unpaired) electrons. The van der Waals surface area contributed by atoms with E-state index in [-0.39, 0.29) is 0 Å². The third-order valence-corrected chi connectivity index (χ3v) is 5.37. The fourth-order valence-corrected chi connectivity index (χ4v) is 3.66. The van der Waals surface area contributed by atoms with Crippen molar-refractivity contribution in [2.24, 2.45) is 11.8 Å². The van der Waals surface area contributed by atoms with Gasteiger partial charge in [0.2, 0.25) is 0 Å². The second kappa shape index (κ2) is 12.4. The molecule has 0 aromatic heterocycles. The van der Waals surface area contributed by atoms with Crippen LogP contribution in [-0.2, 0) is 0 Å². The molecule has 0 heterocycles. The maximum absolute atomic E-state index is 5.16. The molecule has 1 saturated carbocycles. The molecule has 1 fully saturated rings. The quantitative estimate of drug-likeness (QED) is 0.361. The number of rotatable bonds is 8. The summed E-state index contributed by atoms with van der Waals surface area (Å²) in [4.78, 5) is 0. The Hall–Kier alpha value is -1.94. The van der Waals surface area contributed by atoms with E-state index in [1.807, 2.05) is 42.5 Å². The van der Waals surface area contributed by atoms with Gasteiger partial charge in [-0.15, -0.1) is 0 Å². The van der Waals surface area contributed by atoms with Crippen LogP contribution in [0.2, 0.25) is 0 Å². The molecule has 1 aliphatic rings. The Labute approximate surface area is 160 Å². The smallest absolute Gasteiger partial charge is 0.118 e. The van der Waals surface area contributed by atoms with Crippen molar-refractivity contribution < 1.29 is 4.74 Å². The highest BCUT2D eigenvalue weighted by atomic mass is 16.5. The zero-order valence-corrected chi connectivity index (χ0v) is 16.5. The van der Waals surface area contributed by atoms with Gasteiger partial charge in [0.25, 0.3) is 0 Å². The molecule has 140 valence electrons. The van der Waals surface area contributed by atoms with Crippen LogP contribution in [0.3, 0.4) is 0 Å². The molecule has 0 spiro atoms. The van der Waals surface area contributed by atoms with Gasteiger partial charge in [-0.05, 0) is 73.4 Å². The summed E-state index contributed by atoms with van der Waals surface area (Å²) in [5.41, 5.74) is 1.14. The molecule has 26 heavy (non-hydrogen) atoms. The summed E-state index contributed by atoms with van der Waals surface area (Å²) in [6, 6.07) is 8.00. The van der Waals surface area contributed by atoms with Gasteiger partial charge in [0.1, 0.15) is 5.75 Å². The van der Waals surface area contributed by atoms with Crippen molar-refractivity contribution in [3.05, 3.63) is 48.1 Å². The molecule has 0 saturated heterocycles. The summed E-state index contributed by atoms with van der Waals surface area (Å²) < 4.78 is 5.16. The van der Waals surface area contributed by atoms with Crippen molar-refractivity contribution in [3.8, 4) is 17.6 Å². The van der Waals surface area contributed by atoms with E-state index in [2.05, 4.69) is 24.8 Å². The SMILES string of the molecule is CCCCCCC1CCC(/C=C/C#C/C=C/c2ccc(OC)cc2)CC1. The van der Waals surface area contributed by atoms with Gasteiger partial charge in [-0.1, -0.05) is 69.1 Å². The molecule has 1 nitrogen and oxygen atoms in total. The first-order valence-corrected chi connectivity index (χ1v) is 10.3. The third kappa shape index (κ3) is 7.96. The van der Waals surface area contributed by atoms with Gasteiger partial charge >= 0.3 is 0 Å². The highest BCUT2D eigenvalue weighted by Crippen LogP contribution is 2.32. The zero-order valence-electron chi connectivity index (χ0n) is 16.5. The van der Waals surface area contributed by atoms with E-state index >= 15 is 0 Å². The Morgan fingerprint density at radius 3 is 2.38 bits per heavy atom. The maximum Gasteiger partial charge on any atom is 0.118 e. The normalized spacial score (nSPS) is 20.2. The fraction of sp³-hybridized carbons (Fsp3) is 0.520. The first-order chi connectivity index (χ1) is 12.8. The number of methoxy groups -OCH3 is 1. The van der Waals surface area contributed by atoms with Crippen LogP contribution >= 0.6 is 0 Å². The molecule has 0 unspecified atom stereocenters. The first kappa shape index (κ1) is 20.4. The topological polar surface area (TPSA) is 9.23 Å². The van der Waals surface area contributed by atoms with Crippen LogP contribution in [0.15, 0.2) is 42.5 Å². The number of benzene rings is 1. The van der Waals surface area contributed by atoms with Gasteiger partial charge in [0.05, 0.1) is 7.11 Å². The van der Waals surface area contributed by atoms with Crippen LogP contribution in [0, 0.1) is 23.7 Å². The molecule has 0 N–H and O–H groups in total. The zero-order chi connectivity index (χ0) is 18.5. The van der Waals surface area contributed by atoms with Gasteiger partial charge in [0, 0.05) is 0 Å². The molecule has 1 aromatic rings. The second-order valence-corrected chi connectivity index (χ2v) is 7.38. The van der Waals surface area contributed by atoms with Crippen molar-refractivity contribution in [1.82, 2.24) is 0 Å². The van der Waals surface area contributed by atoms with Crippen LogP contribution in [-0.4, -0.2) is 7.11 Å². The average molecular weight is 351 g/mol. The third-order valence-electron chi connectivity index (χ3n) is 5.37. The largest absolute Gasteiger partial charge is 0.497 e. The van der Waals surface area contributed by atoms with Crippen molar-refractivity contribution >= 4 is 6.08 Å². The van der Waals surface area contributed by atoms with Crippen LogP contribution in [0.25, 0.3) is 6.08 Å². The predicted molar refractivity (Wildman–Crippen MR) is 113 cm³/mol. The lowest BCUT2D eigenvalue weighted by atomic mass is 9.79. The Kier molecular flexibility index (Phi) is 9.73. The lowest BCUT2D eigenvalue weighted by Gasteiger charge is -2.26. The first-order valence-electron chi connectivity index (χ1n) is 10.3. The Bertz CT molecular complexity index is 604. The summed E-state index contributed by atoms with van der Waals surface area (Å²) in [7, 11) is 1.68. The Balaban J connectivity index is 1.65. The van der Waals surface area contributed by atoms with E-state index in [0.717, 1.165) is 23.1 Å². The number of allylic oxidation sites excluding steroid dienone is 3. The lowest BCUT2D eigenvalue weighted by molar-refractivity contribution is 0.289. The van der Waals surface area contributed by atoms with E-state index in [1.54, 1.807) is 7.11 Å². The Morgan fingerprint density at radius 2 is 1.69 bits per heavy atom. The molecule has 2 rings (SSSR count). The number of unbranched alkanes of at least 4 members (excludes halogenated alkanes) is 3. The molecule has 1 heteroatoms. The lowest BCUT2D eigenvalue weighted by Crippen LogP contribution is -2.12. The van der Waals surface area contributed by atoms with Crippen molar-refractivity contribution in [1.29, 1.82) is 0 Å². The number of hydrogen-bond donors (Lipinski definition) is 0. The van der Waals surface area contributed by atoms with Gasteiger partial charge in [-0.2, -0.15) is 0 Å². The highest BCUT2D eigenvalue weighted by molar-refractivity contribution is 5.54. The minimum absolute atomic E-state index is 0.738. The van der Waals surface area contributed by atoms with Crippen LogP contribution < -0.4 is 4.74 Å². The minimum Gasteiger partial charge on any atom is -0.497 e. The molecule has 1 aromatic carbocycles. The summed E-state index contributed by atoms with van der Waals surface area (Å²) >= 11 is 0. The summed E-state index contributed by atoms with van der Waals surface area (Å²) in [6.07, 6.45) is 20.9. The summed E-state index contributed by atoms with van der Waals surface area (Å²) in [6.45, 7) is 2.29. The maximum atomic E-state index is 5.16. The van der Waals surface area contributed by atoms with Gasteiger partial charge in [-0.3, -0.25) is 0 Å². The van der Waals surface area contributed by atoms with E-state index < -0.39 is 0 Å². The van der Waals surface area contributed by atoms with Gasteiger partial charge < -0.3 is 4.74 Å². The van der Waals surface area contributed by atoms with E-state index in [9.17, 15) is 0 Å². The number of hydrogen-bond acceptors (Lipinski definition) is 1. The minimum atomic E-state index is 0.738. The fourth-order valence-electron chi connectivity index (χ4n) is 3.66. The summed E-state index contributed by atoms with van der Waals surface area (Å²) in [5.74, 6) is 8.85. The highest BCUT2D eigenvalue weighted by Gasteiger charge is 2.18. The van der Waals surface area contributed by atoms with E-state index in [4.69, 9.17) is 4.74 Å². The van der Waals surface area contributed by atoms with Crippen LogP contribution in [0.1, 0.15) is 70.3 Å². The second-order valence-electron chi connectivity index (χ2n) is 7.38. The predicted octanol–water partition coefficient (Wildman–Crippen LogP) is 7.04. The molecule has 0 amide bonds. The van der Waals surface area contributed by atoms with E-state index in [1.165, 1.54) is 57.8 Å². The standard InChI is InChI=1S/C25H34O/c1-3-4-5-8-11-22-14-16-23(17-15-22)12-9-6-7-10-13-24-18-20-25(26-2)21-19-24/h9-10,12-13,18-23H,3-5,8,11,14-17H2,1-2H3/b12-9+,13-10+. The van der Waals surface area contributed by atoms with Crippen molar-refractivity contribution in [2.75, 3.05) is 7.11 Å². The van der Waals surface area contributed by atoms with Crippen molar-refractivity contribution in [2.45, 2.75) is 64.7 Å². The molecular formula is C25H34O. The Morgan fingerprint density at radius 1 is 0.962 bits per heavy atom. The number of ether oxygens (including phenoxy) is 1. The molecule has 0 aliphatic heterocycles. The average Bonchev–Trinajstić information content (AvgIpc) is 2.69. The monoisotopic (exact) mass is 350 g/mol. The van der Waals surface area contributed by atoms with Crippen molar-refractivity contribution in [3.63, 3.8) is 0 Å². The van der Waals surface area contributed by atoms with Crippen LogP contribution in [0.4, 0.5) is 0 Å². The van der Waals surface area contributed by atoms with E-state index in [0.29, 0.717) is 0 Å². The molecule has 0 bridgehead atoms. The van der Waals surface area contributed by atoms with Crippen LogP contribution in [0.5, 0.6) is 5.75 Å².